The van der Waals surface area contributed by atoms with Crippen LogP contribution in [-0.4, -0.2) is 41.3 Å². The Morgan fingerprint density at radius 1 is 0.939 bits per heavy atom. The predicted octanol–water partition coefficient (Wildman–Crippen LogP) is 7.64. The lowest BCUT2D eigenvalue weighted by Crippen LogP contribution is -2.37. The molecule has 0 saturated carbocycles. The fraction of sp³-hybridized carbons (Fsp3) is 0.139. The van der Waals surface area contributed by atoms with E-state index in [0.717, 1.165) is 27.7 Å². The molecule has 2 heterocycles. The van der Waals surface area contributed by atoms with Crippen LogP contribution in [0, 0.1) is 6.92 Å². The first-order valence-corrected chi connectivity index (χ1v) is 15.4. The highest BCUT2D eigenvalue weighted by molar-refractivity contribution is 6.38. The summed E-state index contributed by atoms with van der Waals surface area (Å²) < 4.78 is 6.08. The molecule has 49 heavy (non-hydrogen) atoms. The van der Waals surface area contributed by atoms with Crippen molar-refractivity contribution in [3.8, 4) is 5.75 Å². The van der Waals surface area contributed by atoms with Crippen molar-refractivity contribution >= 4 is 94.1 Å². The molecule has 5 rings (SSSR count). The molecule has 2 N–H and O–H groups in total. The van der Waals surface area contributed by atoms with Crippen LogP contribution in [0.1, 0.15) is 22.4 Å². The van der Waals surface area contributed by atoms with Gasteiger partial charge in [-0.15, -0.1) is 24.8 Å². The lowest BCUT2D eigenvalue weighted by molar-refractivity contribution is -0.122. The molecule has 13 heteroatoms. The van der Waals surface area contributed by atoms with E-state index in [4.69, 9.17) is 27.9 Å². The van der Waals surface area contributed by atoms with Crippen molar-refractivity contribution < 1.29 is 19.1 Å². The number of halogens is 4. The first kappa shape index (κ1) is 38.8. The number of nitrogens with one attached hydrogen (secondary N) is 2. The Hall–Kier alpha value is -4.67. The highest BCUT2D eigenvalue weighted by Crippen LogP contribution is 2.35. The number of rotatable bonds is 11. The molecule has 0 aliphatic heterocycles. The van der Waals surface area contributed by atoms with Crippen molar-refractivity contribution in [3.05, 3.63) is 130 Å². The van der Waals surface area contributed by atoms with Crippen LogP contribution < -0.4 is 20.3 Å². The number of carbonyl (C=O) groups excluding carboxylic acids is 3. The Morgan fingerprint density at radius 3 is 2.45 bits per heavy atom. The van der Waals surface area contributed by atoms with E-state index >= 15 is 0 Å². The number of pyridine rings is 2. The minimum Gasteiger partial charge on any atom is -0.487 e. The maximum Gasteiger partial charge on any atom is 0.246 e. The maximum atomic E-state index is 13.0. The van der Waals surface area contributed by atoms with Crippen LogP contribution in [0.2, 0.25) is 10.0 Å². The van der Waals surface area contributed by atoms with E-state index in [1.165, 1.54) is 11.0 Å². The lowest BCUT2D eigenvalue weighted by atomic mass is 10.1. The van der Waals surface area contributed by atoms with Crippen molar-refractivity contribution in [1.29, 1.82) is 0 Å². The van der Waals surface area contributed by atoms with Gasteiger partial charge in [-0.3, -0.25) is 19.4 Å². The van der Waals surface area contributed by atoms with E-state index in [2.05, 4.69) is 20.6 Å². The normalized spacial score (nSPS) is 10.5. The minimum atomic E-state index is -0.448. The zero-order chi connectivity index (χ0) is 33.3. The summed E-state index contributed by atoms with van der Waals surface area (Å²) in [6.45, 7) is 1.71. The topological polar surface area (TPSA) is 114 Å². The molecular formula is C36H33Cl4N5O4. The summed E-state index contributed by atoms with van der Waals surface area (Å²) in [6, 6.07) is 23.5. The quantitative estimate of drug-likeness (QED) is 0.135. The second kappa shape index (κ2) is 18.2. The Bertz CT molecular complexity index is 1960. The highest BCUT2D eigenvalue weighted by Gasteiger charge is 2.19. The zero-order valence-electron chi connectivity index (χ0n) is 26.5. The largest absolute Gasteiger partial charge is 0.487 e. The number of carbonyl (C=O) groups is 3. The zero-order valence-corrected chi connectivity index (χ0v) is 29.6. The van der Waals surface area contributed by atoms with Gasteiger partial charge >= 0.3 is 0 Å². The third-order valence-corrected chi connectivity index (χ3v) is 7.99. The van der Waals surface area contributed by atoms with Crippen LogP contribution in [0.5, 0.6) is 5.75 Å². The standard InChI is InChI=1S/C36H31Cl2N5O4.2ClH/c1-23-8-12-26-6-3-7-31(36(26)41-23)47-22-28-29(37)15-16-30(35(28)38)43(2)34(46)21-40-32(44)17-11-24-9-13-27(14-10-24)42-33(45)19-25-5-4-18-39-20-25;;/h3-18,20H,19,21-22H2,1-2H3,(H,40,44)(H,42,45);2*1H/b17-11+;;. The van der Waals surface area contributed by atoms with Gasteiger partial charge in [-0.1, -0.05) is 59.6 Å². The molecule has 3 aromatic carbocycles. The Morgan fingerprint density at radius 2 is 1.71 bits per heavy atom. The second-order valence-electron chi connectivity index (χ2n) is 10.6. The smallest absolute Gasteiger partial charge is 0.246 e. The molecule has 0 spiro atoms. The molecule has 0 atom stereocenters. The van der Waals surface area contributed by atoms with E-state index in [9.17, 15) is 14.4 Å². The van der Waals surface area contributed by atoms with Crippen molar-refractivity contribution in [3.63, 3.8) is 0 Å². The highest BCUT2D eigenvalue weighted by atomic mass is 35.5. The molecule has 2 aromatic heterocycles. The van der Waals surface area contributed by atoms with Gasteiger partial charge in [0, 0.05) is 52.9 Å². The molecule has 0 aliphatic carbocycles. The van der Waals surface area contributed by atoms with Gasteiger partial charge in [-0.2, -0.15) is 0 Å². The van der Waals surface area contributed by atoms with Crippen molar-refractivity contribution in [2.45, 2.75) is 20.0 Å². The van der Waals surface area contributed by atoms with Gasteiger partial charge < -0.3 is 20.3 Å². The third-order valence-electron chi connectivity index (χ3n) is 7.22. The van der Waals surface area contributed by atoms with Crippen molar-refractivity contribution in [2.75, 3.05) is 23.8 Å². The van der Waals surface area contributed by atoms with Crippen LogP contribution >= 0.6 is 48.0 Å². The molecule has 5 aromatic rings. The van der Waals surface area contributed by atoms with Gasteiger partial charge in [0.2, 0.25) is 17.7 Å². The number of hydrogen-bond donors (Lipinski definition) is 2. The number of ether oxygens (including phenoxy) is 1. The maximum absolute atomic E-state index is 13.0. The van der Waals surface area contributed by atoms with Gasteiger partial charge in [0.05, 0.1) is 23.7 Å². The SMILES string of the molecule is Cc1ccc2cccc(OCc3c(Cl)ccc(N(C)C(=O)CNC(=O)/C=C/c4ccc(NC(=O)Cc5cccnc5)cc4)c3Cl)c2n1.Cl.Cl. The van der Waals surface area contributed by atoms with Gasteiger partial charge in [0.1, 0.15) is 17.9 Å². The fourth-order valence-electron chi connectivity index (χ4n) is 4.68. The van der Waals surface area contributed by atoms with Crippen LogP contribution in [0.25, 0.3) is 17.0 Å². The minimum absolute atomic E-state index is 0. The van der Waals surface area contributed by atoms with Crippen LogP contribution in [0.4, 0.5) is 11.4 Å². The molecule has 9 nitrogen and oxygen atoms in total. The monoisotopic (exact) mass is 739 g/mol. The van der Waals surface area contributed by atoms with Crippen molar-refractivity contribution in [2.24, 2.45) is 0 Å². The Balaban J connectivity index is 0.00000325. The Labute approximate surface area is 306 Å². The van der Waals surface area contributed by atoms with Crippen LogP contribution in [0.15, 0.2) is 97.3 Å². The molecule has 3 amide bonds. The molecule has 0 radical (unpaired) electrons. The number of amides is 3. The molecule has 254 valence electrons. The second-order valence-corrected chi connectivity index (χ2v) is 11.4. The first-order valence-electron chi connectivity index (χ1n) is 14.7. The molecule has 0 aliphatic rings. The number of nitrogens with zero attached hydrogens (tertiary/aromatic N) is 3. The predicted molar refractivity (Wildman–Crippen MR) is 200 cm³/mol. The summed E-state index contributed by atoms with van der Waals surface area (Å²) >= 11 is 13.2. The summed E-state index contributed by atoms with van der Waals surface area (Å²) in [5.41, 5.74) is 4.72. The van der Waals surface area contributed by atoms with E-state index in [-0.39, 0.29) is 61.2 Å². The van der Waals surface area contributed by atoms with E-state index in [1.54, 1.807) is 68.0 Å². The number of hydrogen-bond acceptors (Lipinski definition) is 6. The summed E-state index contributed by atoms with van der Waals surface area (Å²) in [5.74, 6) is -0.407. The van der Waals surface area contributed by atoms with Gasteiger partial charge in [-0.05, 0) is 66.6 Å². The average molecular weight is 742 g/mol. The van der Waals surface area contributed by atoms with Gasteiger partial charge in [-0.25, -0.2) is 4.98 Å². The summed E-state index contributed by atoms with van der Waals surface area (Å²) in [5, 5.41) is 7.03. The first-order chi connectivity index (χ1) is 22.7. The van der Waals surface area contributed by atoms with Crippen LogP contribution in [0.3, 0.4) is 0 Å². The fourth-order valence-corrected chi connectivity index (χ4v) is 5.28. The number of para-hydroxylation sites is 1. The molecule has 0 fully saturated rings. The average Bonchev–Trinajstić information content (AvgIpc) is 3.07. The number of anilines is 2. The number of likely N-dealkylation sites (N-methyl/N-ethyl adjacent to an activating group) is 1. The molecule has 0 bridgehead atoms. The Kier molecular flexibility index (Phi) is 14.4. The summed E-state index contributed by atoms with van der Waals surface area (Å²) in [7, 11) is 1.57. The van der Waals surface area contributed by atoms with Gasteiger partial charge in [0.15, 0.2) is 0 Å². The van der Waals surface area contributed by atoms with Gasteiger partial charge in [0.25, 0.3) is 0 Å². The van der Waals surface area contributed by atoms with Crippen molar-refractivity contribution in [1.82, 2.24) is 15.3 Å². The van der Waals surface area contributed by atoms with E-state index < -0.39 is 5.91 Å². The third kappa shape index (κ3) is 10.4. The number of benzene rings is 3. The number of aromatic nitrogens is 2. The molecule has 0 saturated heterocycles. The number of fused-ring (bicyclic) bond motifs is 1. The van der Waals surface area contributed by atoms with Crippen LogP contribution in [-0.2, 0) is 27.4 Å². The number of aryl methyl sites for hydroxylation is 1. The lowest BCUT2D eigenvalue weighted by Gasteiger charge is -2.21. The van der Waals surface area contributed by atoms with E-state index in [1.807, 2.05) is 43.3 Å². The summed E-state index contributed by atoms with van der Waals surface area (Å²) in [6.07, 6.45) is 6.46. The molecular weight excluding hydrogens is 708 g/mol. The van der Waals surface area contributed by atoms with E-state index in [0.29, 0.717) is 27.7 Å². The summed E-state index contributed by atoms with van der Waals surface area (Å²) in [4.78, 5) is 47.7. The molecule has 0 unspecified atom stereocenters.